The summed E-state index contributed by atoms with van der Waals surface area (Å²) in [5, 5.41) is -2.18. The molecule has 0 saturated heterocycles. The van der Waals surface area contributed by atoms with Gasteiger partial charge in [0.25, 0.3) is 0 Å². The summed E-state index contributed by atoms with van der Waals surface area (Å²) in [7, 11) is 3.91. The molecule has 0 aliphatic rings. The number of carbonyl (C=O) groups is 1. The van der Waals surface area contributed by atoms with Crippen LogP contribution in [0, 0.1) is 5.92 Å². The summed E-state index contributed by atoms with van der Waals surface area (Å²) in [6.07, 6.45) is -11.3. The number of hydrogen-bond acceptors (Lipinski definition) is 2. The van der Waals surface area contributed by atoms with Crippen LogP contribution in [0.2, 0.25) is 0 Å². The normalized spacial score (nSPS) is 13.5. The summed E-state index contributed by atoms with van der Waals surface area (Å²) < 4.78 is 69.8. The summed E-state index contributed by atoms with van der Waals surface area (Å²) in [6.45, 7) is 0. The van der Waals surface area contributed by atoms with E-state index in [1.807, 2.05) is 0 Å². The number of halogens is 7. The van der Waals surface area contributed by atoms with Crippen LogP contribution in [0.4, 0.5) is 26.3 Å². The molecule has 0 aromatic heterocycles. The molecule has 78 valence electrons. The molecule has 0 fully saturated rings. The third-order valence-corrected chi connectivity index (χ3v) is 1.81. The predicted octanol–water partition coefficient (Wildman–Crippen LogP) is 3.14. The molecular weight excluding hydrogens is 246 g/mol. The highest BCUT2D eigenvalue weighted by molar-refractivity contribution is 8.32. The fraction of sp³-hybridized carbons (Fsp3) is 0.750. The van der Waals surface area contributed by atoms with E-state index in [1.165, 1.54) is 0 Å². The SMILES string of the molecule is O=C(SCl)C(C(F)(F)F)C(F)(F)F. The number of carbonyl (C=O) groups excluding carboxylic acids is 1. The van der Waals surface area contributed by atoms with E-state index in [4.69, 9.17) is 0 Å². The van der Waals surface area contributed by atoms with Gasteiger partial charge in [0, 0.05) is 11.0 Å². The van der Waals surface area contributed by atoms with Crippen molar-refractivity contribution in [3.8, 4) is 0 Å². The van der Waals surface area contributed by atoms with Gasteiger partial charge in [-0.1, -0.05) is 0 Å². The zero-order chi connectivity index (χ0) is 10.9. The Kier molecular flexibility index (Phi) is 3.92. The van der Waals surface area contributed by atoms with Gasteiger partial charge in [0.1, 0.15) is 0 Å². The molecule has 0 spiro atoms. The first-order valence-corrected chi connectivity index (χ1v) is 4.21. The lowest BCUT2D eigenvalue weighted by Crippen LogP contribution is -2.40. The highest BCUT2D eigenvalue weighted by atomic mass is 35.7. The van der Waals surface area contributed by atoms with Crippen molar-refractivity contribution in [1.82, 2.24) is 0 Å². The van der Waals surface area contributed by atoms with Gasteiger partial charge in [0.15, 0.2) is 0 Å². The van der Waals surface area contributed by atoms with E-state index in [-0.39, 0.29) is 0 Å². The monoisotopic (exact) mass is 246 g/mol. The van der Waals surface area contributed by atoms with Gasteiger partial charge >= 0.3 is 12.4 Å². The Balaban J connectivity index is 4.89. The summed E-state index contributed by atoms with van der Waals surface area (Å²) in [5.41, 5.74) is 0. The Morgan fingerprint density at radius 1 is 1.08 bits per heavy atom. The summed E-state index contributed by atoms with van der Waals surface area (Å²) >= 11 is 0. The molecule has 0 bridgehead atoms. The molecular formula is C4HClF6OS. The third kappa shape index (κ3) is 3.63. The maximum absolute atomic E-state index is 11.6. The van der Waals surface area contributed by atoms with E-state index in [0.717, 1.165) is 0 Å². The van der Waals surface area contributed by atoms with Crippen LogP contribution in [0.25, 0.3) is 0 Å². The lowest BCUT2D eigenvalue weighted by molar-refractivity contribution is -0.270. The van der Waals surface area contributed by atoms with Crippen molar-refractivity contribution in [3.63, 3.8) is 0 Å². The zero-order valence-corrected chi connectivity index (χ0v) is 7.11. The van der Waals surface area contributed by atoms with Crippen LogP contribution in [-0.4, -0.2) is 17.5 Å². The topological polar surface area (TPSA) is 17.1 Å². The molecule has 0 N–H and O–H groups in total. The highest BCUT2D eigenvalue weighted by Crippen LogP contribution is 2.42. The van der Waals surface area contributed by atoms with Crippen molar-refractivity contribution in [1.29, 1.82) is 0 Å². The molecule has 0 atom stereocenters. The average molecular weight is 247 g/mol. The summed E-state index contributed by atoms with van der Waals surface area (Å²) in [4.78, 5) is 10.2. The molecule has 0 saturated carbocycles. The molecule has 1 nitrogen and oxygen atoms in total. The molecule has 0 aromatic carbocycles. The van der Waals surface area contributed by atoms with Gasteiger partial charge in [0.2, 0.25) is 11.0 Å². The minimum absolute atomic E-state index is 0.620. The van der Waals surface area contributed by atoms with E-state index >= 15 is 0 Å². The minimum Gasteiger partial charge on any atom is -0.285 e. The van der Waals surface area contributed by atoms with Crippen LogP contribution in [-0.2, 0) is 4.79 Å². The highest BCUT2D eigenvalue weighted by Gasteiger charge is 2.60. The van der Waals surface area contributed by atoms with Crippen LogP contribution in [0.15, 0.2) is 0 Å². The standard InChI is InChI=1S/C4HClF6OS/c5-13-2(12)1(3(6,7)8)4(9,10)11/h1H. The molecule has 0 unspecified atom stereocenters. The van der Waals surface area contributed by atoms with Gasteiger partial charge in [-0.25, -0.2) is 0 Å². The fourth-order valence-electron chi connectivity index (χ4n) is 0.497. The van der Waals surface area contributed by atoms with E-state index < -0.39 is 34.4 Å². The minimum atomic E-state index is -5.66. The quantitative estimate of drug-likeness (QED) is 0.661. The molecule has 9 heteroatoms. The lowest BCUT2D eigenvalue weighted by Gasteiger charge is -2.19. The maximum atomic E-state index is 11.6. The fourth-order valence-corrected chi connectivity index (χ4v) is 1.12. The summed E-state index contributed by atoms with van der Waals surface area (Å²) in [6, 6.07) is 0. The predicted molar refractivity (Wildman–Crippen MR) is 34.1 cm³/mol. The molecule has 0 aliphatic carbocycles. The Morgan fingerprint density at radius 2 is 1.38 bits per heavy atom. The maximum Gasteiger partial charge on any atom is 0.408 e. The average Bonchev–Trinajstić information content (AvgIpc) is 1.80. The third-order valence-electron chi connectivity index (χ3n) is 0.966. The Morgan fingerprint density at radius 3 is 1.46 bits per heavy atom. The second kappa shape index (κ2) is 3.95. The molecule has 0 aliphatic heterocycles. The van der Waals surface area contributed by atoms with Crippen LogP contribution in [0.5, 0.6) is 0 Å². The first-order chi connectivity index (χ1) is 5.60. The van der Waals surface area contributed by atoms with Crippen molar-refractivity contribution in [2.75, 3.05) is 0 Å². The van der Waals surface area contributed by atoms with Crippen LogP contribution in [0.3, 0.4) is 0 Å². The van der Waals surface area contributed by atoms with Crippen LogP contribution in [0.1, 0.15) is 0 Å². The van der Waals surface area contributed by atoms with Crippen molar-refractivity contribution in [2.45, 2.75) is 12.4 Å². The number of rotatable bonds is 1. The van der Waals surface area contributed by atoms with Crippen molar-refractivity contribution in [2.24, 2.45) is 5.92 Å². The molecule has 0 aromatic rings. The largest absolute Gasteiger partial charge is 0.408 e. The van der Waals surface area contributed by atoms with E-state index in [9.17, 15) is 31.1 Å². The van der Waals surface area contributed by atoms with Gasteiger partial charge in [0.05, 0.1) is 0 Å². The second-order valence-corrected chi connectivity index (χ2v) is 2.93. The first kappa shape index (κ1) is 12.9. The van der Waals surface area contributed by atoms with E-state index in [2.05, 4.69) is 10.7 Å². The van der Waals surface area contributed by atoms with Gasteiger partial charge in [-0.2, -0.15) is 26.3 Å². The van der Waals surface area contributed by atoms with Crippen LogP contribution < -0.4 is 0 Å². The van der Waals surface area contributed by atoms with Crippen molar-refractivity contribution < 1.29 is 31.1 Å². The van der Waals surface area contributed by atoms with Gasteiger partial charge in [-0.05, 0) is 10.7 Å². The Bertz CT molecular complexity index is 184. The van der Waals surface area contributed by atoms with Gasteiger partial charge < -0.3 is 0 Å². The molecule has 0 rings (SSSR count). The number of hydrogen-bond donors (Lipinski definition) is 0. The Hall–Kier alpha value is -0.110. The molecule has 0 radical (unpaired) electrons. The van der Waals surface area contributed by atoms with E-state index in [1.54, 1.807) is 0 Å². The van der Waals surface area contributed by atoms with Crippen molar-refractivity contribution in [3.05, 3.63) is 0 Å². The molecule has 13 heavy (non-hydrogen) atoms. The Labute approximate surface area is 76.9 Å². The second-order valence-electron chi connectivity index (χ2n) is 1.91. The van der Waals surface area contributed by atoms with E-state index in [0.29, 0.717) is 0 Å². The zero-order valence-electron chi connectivity index (χ0n) is 5.54. The first-order valence-electron chi connectivity index (χ1n) is 2.56. The van der Waals surface area contributed by atoms with Crippen molar-refractivity contribution >= 4 is 26.8 Å². The molecule has 0 heterocycles. The smallest absolute Gasteiger partial charge is 0.285 e. The van der Waals surface area contributed by atoms with Gasteiger partial charge in [-0.3, -0.25) is 4.79 Å². The van der Waals surface area contributed by atoms with Gasteiger partial charge in [-0.15, -0.1) is 0 Å². The van der Waals surface area contributed by atoms with Crippen LogP contribution >= 0.6 is 21.7 Å². The molecule has 0 amide bonds. The summed E-state index contributed by atoms with van der Waals surface area (Å²) in [5.74, 6) is -4.01. The number of alkyl halides is 6. The lowest BCUT2D eigenvalue weighted by atomic mass is 10.1.